The van der Waals surface area contributed by atoms with E-state index in [0.29, 0.717) is 5.39 Å². The highest BCUT2D eigenvalue weighted by Gasteiger charge is 1.97. The Balaban J connectivity index is 2.89. The third-order valence-corrected chi connectivity index (χ3v) is 1.52. The zero-order valence-corrected chi connectivity index (χ0v) is 6.00. The third-order valence-electron chi connectivity index (χ3n) is 1.52. The van der Waals surface area contributed by atoms with Crippen molar-refractivity contribution in [3.8, 4) is 0 Å². The molecule has 1 radical (unpaired) electrons. The molecule has 12 heavy (non-hydrogen) atoms. The minimum atomic E-state index is -0.531. The van der Waals surface area contributed by atoms with Gasteiger partial charge in [0, 0.05) is 23.6 Å². The Bertz CT molecular complexity index is 473. The van der Waals surface area contributed by atoms with Crippen LogP contribution in [0, 0.1) is 11.9 Å². The van der Waals surface area contributed by atoms with Gasteiger partial charge in [-0.1, -0.05) is 0 Å². The van der Waals surface area contributed by atoms with Crippen LogP contribution >= 0.6 is 0 Å². The highest BCUT2D eigenvalue weighted by molar-refractivity contribution is 5.75. The summed E-state index contributed by atoms with van der Waals surface area (Å²) >= 11 is 0. The minimum absolute atomic E-state index is 0.249. The van der Waals surface area contributed by atoms with Gasteiger partial charge in [-0.15, -0.1) is 0 Å². The Morgan fingerprint density at radius 1 is 1.42 bits per heavy atom. The quantitative estimate of drug-likeness (QED) is 0.553. The van der Waals surface area contributed by atoms with E-state index in [4.69, 9.17) is 4.42 Å². The largest absolute Gasteiger partial charge is 0.423 e. The lowest BCUT2D eigenvalue weighted by Crippen LogP contribution is -1.94. The number of hydrogen-bond donors (Lipinski definition) is 0. The summed E-state index contributed by atoms with van der Waals surface area (Å²) < 4.78 is 17.3. The highest BCUT2D eigenvalue weighted by atomic mass is 19.1. The second-order valence-electron chi connectivity index (χ2n) is 2.35. The maximum absolute atomic E-state index is 12.6. The Kier molecular flexibility index (Phi) is 1.43. The fourth-order valence-corrected chi connectivity index (χ4v) is 0.977. The molecule has 0 amide bonds. The smallest absolute Gasteiger partial charge is 0.336 e. The van der Waals surface area contributed by atoms with Crippen LogP contribution in [-0.4, -0.2) is 0 Å². The van der Waals surface area contributed by atoms with Crippen LogP contribution in [0.25, 0.3) is 11.0 Å². The molecule has 1 aromatic heterocycles. The summed E-state index contributed by atoms with van der Waals surface area (Å²) in [5, 5.41) is 0.663. The van der Waals surface area contributed by atoms with E-state index in [-0.39, 0.29) is 5.58 Å². The maximum atomic E-state index is 12.6. The first-order valence-corrected chi connectivity index (χ1v) is 3.37. The topological polar surface area (TPSA) is 30.2 Å². The van der Waals surface area contributed by atoms with E-state index in [9.17, 15) is 9.18 Å². The van der Waals surface area contributed by atoms with E-state index in [2.05, 4.69) is 6.07 Å². The van der Waals surface area contributed by atoms with Crippen molar-refractivity contribution in [1.82, 2.24) is 0 Å². The van der Waals surface area contributed by atoms with Crippen molar-refractivity contribution in [2.45, 2.75) is 0 Å². The van der Waals surface area contributed by atoms with Gasteiger partial charge in [-0.25, -0.2) is 9.18 Å². The van der Waals surface area contributed by atoms with Crippen LogP contribution in [0.4, 0.5) is 4.39 Å². The Morgan fingerprint density at radius 2 is 2.25 bits per heavy atom. The SMILES string of the molecule is O=c1ccc2c[c]c(F)cc2o1. The van der Waals surface area contributed by atoms with Crippen LogP contribution in [0.1, 0.15) is 0 Å². The zero-order valence-electron chi connectivity index (χ0n) is 6.00. The molecule has 1 heterocycles. The number of hydrogen-bond acceptors (Lipinski definition) is 2. The van der Waals surface area contributed by atoms with E-state index in [1.807, 2.05) is 0 Å². The molecule has 0 aliphatic rings. The summed E-state index contributed by atoms with van der Waals surface area (Å²) in [4.78, 5) is 10.7. The average Bonchev–Trinajstić information content (AvgIpc) is 2.03. The molecule has 0 aliphatic heterocycles. The van der Waals surface area contributed by atoms with E-state index in [1.165, 1.54) is 12.1 Å². The summed E-state index contributed by atoms with van der Waals surface area (Å²) in [5.41, 5.74) is -0.230. The lowest BCUT2D eigenvalue weighted by Gasteiger charge is -1.93. The lowest BCUT2D eigenvalue weighted by molar-refractivity contribution is 0.554. The van der Waals surface area contributed by atoms with Crippen LogP contribution in [0.15, 0.2) is 33.5 Å². The molecule has 0 atom stereocenters. The number of halogens is 1. The van der Waals surface area contributed by atoms with E-state index < -0.39 is 11.4 Å². The fourth-order valence-electron chi connectivity index (χ4n) is 0.977. The lowest BCUT2D eigenvalue weighted by atomic mass is 10.2. The molecule has 0 aliphatic carbocycles. The first-order valence-electron chi connectivity index (χ1n) is 3.37. The summed E-state index contributed by atoms with van der Waals surface area (Å²) in [7, 11) is 0. The predicted octanol–water partition coefficient (Wildman–Crippen LogP) is 1.73. The first kappa shape index (κ1) is 7.03. The Labute approximate surface area is 67.2 Å². The van der Waals surface area contributed by atoms with Gasteiger partial charge in [-0.05, 0) is 12.1 Å². The fraction of sp³-hybridized carbons (Fsp3) is 0. The molecule has 2 nitrogen and oxygen atoms in total. The van der Waals surface area contributed by atoms with Crippen molar-refractivity contribution in [3.05, 3.63) is 46.6 Å². The van der Waals surface area contributed by atoms with Crippen molar-refractivity contribution in [1.29, 1.82) is 0 Å². The molecule has 2 aromatic rings. The number of rotatable bonds is 0. The van der Waals surface area contributed by atoms with Crippen molar-refractivity contribution < 1.29 is 8.81 Å². The highest BCUT2D eigenvalue weighted by Crippen LogP contribution is 2.11. The molecule has 0 saturated heterocycles. The molecule has 2 rings (SSSR count). The van der Waals surface area contributed by atoms with Gasteiger partial charge in [0.2, 0.25) is 0 Å². The molecule has 0 saturated carbocycles. The van der Waals surface area contributed by atoms with Crippen LogP contribution in [0.2, 0.25) is 0 Å². The van der Waals surface area contributed by atoms with Crippen LogP contribution in [0.5, 0.6) is 0 Å². The van der Waals surface area contributed by atoms with Gasteiger partial charge in [0.15, 0.2) is 0 Å². The van der Waals surface area contributed by atoms with Crippen molar-refractivity contribution in [2.24, 2.45) is 0 Å². The normalized spacial score (nSPS) is 10.4. The molecule has 3 heteroatoms. The molecule has 0 N–H and O–H groups in total. The van der Waals surface area contributed by atoms with Crippen LogP contribution in [0.3, 0.4) is 0 Å². The minimum Gasteiger partial charge on any atom is -0.423 e. The summed E-state index contributed by atoms with van der Waals surface area (Å²) in [6.45, 7) is 0. The van der Waals surface area contributed by atoms with Gasteiger partial charge in [0.25, 0.3) is 0 Å². The van der Waals surface area contributed by atoms with Gasteiger partial charge in [-0.3, -0.25) is 0 Å². The zero-order chi connectivity index (χ0) is 8.55. The van der Waals surface area contributed by atoms with Gasteiger partial charge < -0.3 is 4.42 Å². The summed E-state index contributed by atoms with van der Waals surface area (Å²) in [5.74, 6) is -0.531. The second kappa shape index (κ2) is 2.44. The average molecular weight is 163 g/mol. The summed E-state index contributed by atoms with van der Waals surface area (Å²) in [6, 6.07) is 7.79. The van der Waals surface area contributed by atoms with E-state index in [0.717, 1.165) is 6.07 Å². The van der Waals surface area contributed by atoms with Crippen LogP contribution < -0.4 is 5.63 Å². The summed E-state index contributed by atoms with van der Waals surface area (Å²) in [6.07, 6.45) is 0. The van der Waals surface area contributed by atoms with Gasteiger partial charge in [0.1, 0.15) is 11.4 Å². The van der Waals surface area contributed by atoms with Crippen molar-refractivity contribution in [2.75, 3.05) is 0 Å². The number of benzene rings is 1. The molecule has 59 valence electrons. The van der Waals surface area contributed by atoms with E-state index >= 15 is 0 Å². The van der Waals surface area contributed by atoms with Gasteiger partial charge in [-0.2, -0.15) is 0 Å². The second-order valence-corrected chi connectivity index (χ2v) is 2.35. The predicted molar refractivity (Wildman–Crippen MR) is 41.3 cm³/mol. The molecular formula is C9H4FO2. The number of fused-ring (bicyclic) bond motifs is 1. The Hall–Kier alpha value is -1.64. The molecule has 0 bridgehead atoms. The van der Waals surface area contributed by atoms with Gasteiger partial charge >= 0.3 is 5.63 Å². The van der Waals surface area contributed by atoms with E-state index in [1.54, 1.807) is 6.07 Å². The molecular weight excluding hydrogens is 159 g/mol. The Morgan fingerprint density at radius 3 is 3.08 bits per heavy atom. The maximum Gasteiger partial charge on any atom is 0.336 e. The monoisotopic (exact) mass is 163 g/mol. The molecule has 0 unspecified atom stereocenters. The van der Waals surface area contributed by atoms with Crippen LogP contribution in [-0.2, 0) is 0 Å². The third kappa shape index (κ3) is 1.09. The van der Waals surface area contributed by atoms with Crippen molar-refractivity contribution >= 4 is 11.0 Å². The van der Waals surface area contributed by atoms with Crippen molar-refractivity contribution in [3.63, 3.8) is 0 Å². The molecule has 0 spiro atoms. The van der Waals surface area contributed by atoms with Gasteiger partial charge in [0.05, 0.1) is 0 Å². The molecule has 1 aromatic carbocycles. The molecule has 0 fully saturated rings. The standard InChI is InChI=1S/C9H4FO2/c10-7-3-1-6-2-4-9(11)12-8(6)5-7/h1-2,4-5H. The first-order chi connectivity index (χ1) is 5.75.